The lowest BCUT2D eigenvalue weighted by atomic mass is 9.99. The van der Waals surface area contributed by atoms with Crippen LogP contribution in [0.3, 0.4) is 0 Å². The fourth-order valence-electron chi connectivity index (χ4n) is 2.06. The van der Waals surface area contributed by atoms with Gasteiger partial charge in [0.2, 0.25) is 0 Å². The largest absolute Gasteiger partial charge is 0.416 e. The summed E-state index contributed by atoms with van der Waals surface area (Å²) >= 11 is 13.3. The maximum Gasteiger partial charge on any atom is 0.416 e. The van der Waals surface area contributed by atoms with E-state index in [1.807, 2.05) is 6.92 Å². The molecule has 0 aliphatic heterocycles. The van der Waals surface area contributed by atoms with Gasteiger partial charge in [-0.15, -0.1) is 11.3 Å². The van der Waals surface area contributed by atoms with E-state index in [0.717, 1.165) is 12.1 Å². The van der Waals surface area contributed by atoms with Gasteiger partial charge in [0.15, 0.2) is 0 Å². The molecule has 0 radical (unpaired) electrons. The van der Waals surface area contributed by atoms with Crippen LogP contribution in [0.4, 0.5) is 13.2 Å². The van der Waals surface area contributed by atoms with E-state index < -0.39 is 17.8 Å². The molecular formula is C14H12Cl2F3NS. The Morgan fingerprint density at radius 3 is 2.48 bits per heavy atom. The van der Waals surface area contributed by atoms with Crippen molar-refractivity contribution in [1.29, 1.82) is 0 Å². The van der Waals surface area contributed by atoms with Gasteiger partial charge in [0.05, 0.1) is 20.3 Å². The van der Waals surface area contributed by atoms with E-state index in [2.05, 4.69) is 5.32 Å². The van der Waals surface area contributed by atoms with Crippen molar-refractivity contribution >= 4 is 34.5 Å². The Hall–Kier alpha value is -0.750. The number of alkyl halides is 3. The fraction of sp³-hybridized carbons (Fsp3) is 0.286. The number of nitrogens with one attached hydrogen (secondary N) is 1. The van der Waals surface area contributed by atoms with Gasteiger partial charge in [-0.2, -0.15) is 13.2 Å². The molecule has 7 heteroatoms. The predicted octanol–water partition coefficient (Wildman–Crippen LogP) is 5.77. The molecule has 0 saturated carbocycles. The van der Waals surface area contributed by atoms with Crippen molar-refractivity contribution in [2.24, 2.45) is 0 Å². The van der Waals surface area contributed by atoms with Gasteiger partial charge < -0.3 is 5.32 Å². The molecule has 1 aromatic carbocycles. The molecule has 0 aliphatic carbocycles. The topological polar surface area (TPSA) is 12.0 Å². The van der Waals surface area contributed by atoms with Crippen LogP contribution in [-0.2, 0) is 6.18 Å². The van der Waals surface area contributed by atoms with Gasteiger partial charge in [0.1, 0.15) is 0 Å². The van der Waals surface area contributed by atoms with Crippen molar-refractivity contribution in [3.8, 4) is 0 Å². The third kappa shape index (κ3) is 3.92. The standard InChI is InChI=1S/C14H12Cl2F3NS/c1-2-20-12(10-7-11(15)21-13(10)16)8-4-3-5-9(6-8)14(17,18)19/h3-7,12,20H,2H2,1H3. The Labute approximate surface area is 134 Å². The lowest BCUT2D eigenvalue weighted by molar-refractivity contribution is -0.137. The third-order valence-corrected chi connectivity index (χ3v) is 4.47. The zero-order valence-corrected chi connectivity index (χ0v) is 13.3. The highest BCUT2D eigenvalue weighted by molar-refractivity contribution is 7.20. The highest BCUT2D eigenvalue weighted by Gasteiger charge is 2.31. The summed E-state index contributed by atoms with van der Waals surface area (Å²) in [5.74, 6) is 0. The summed E-state index contributed by atoms with van der Waals surface area (Å²) in [5, 5.41) is 3.14. The molecule has 2 rings (SSSR count). The van der Waals surface area contributed by atoms with E-state index >= 15 is 0 Å². The summed E-state index contributed by atoms with van der Waals surface area (Å²) in [6, 6.07) is 6.48. The SMILES string of the molecule is CCNC(c1cccc(C(F)(F)F)c1)c1cc(Cl)sc1Cl. The summed E-state index contributed by atoms with van der Waals surface area (Å²) in [4.78, 5) is 0. The van der Waals surface area contributed by atoms with Gasteiger partial charge in [-0.05, 0) is 30.3 Å². The quantitative estimate of drug-likeness (QED) is 0.735. The van der Waals surface area contributed by atoms with Gasteiger partial charge in [0, 0.05) is 5.56 Å². The molecule has 1 nitrogen and oxygen atoms in total. The number of hydrogen-bond donors (Lipinski definition) is 1. The second-order valence-electron chi connectivity index (χ2n) is 4.39. The van der Waals surface area contributed by atoms with Crippen LogP contribution in [0.15, 0.2) is 30.3 Å². The molecule has 0 spiro atoms. The normalized spacial score (nSPS) is 13.4. The molecule has 1 atom stereocenters. The predicted molar refractivity (Wildman–Crippen MR) is 81.3 cm³/mol. The molecule has 1 N–H and O–H groups in total. The van der Waals surface area contributed by atoms with E-state index in [9.17, 15) is 13.2 Å². The molecule has 1 unspecified atom stereocenters. The first kappa shape index (κ1) is 16.6. The summed E-state index contributed by atoms with van der Waals surface area (Å²) < 4.78 is 39.5. The maximum atomic E-state index is 12.8. The Kier molecular flexibility index (Phi) is 5.20. The van der Waals surface area contributed by atoms with Crippen LogP contribution in [-0.4, -0.2) is 6.54 Å². The minimum atomic E-state index is -4.37. The second kappa shape index (κ2) is 6.57. The molecule has 0 saturated heterocycles. The summed E-state index contributed by atoms with van der Waals surface area (Å²) in [6.07, 6.45) is -4.37. The van der Waals surface area contributed by atoms with Crippen LogP contribution >= 0.6 is 34.5 Å². The zero-order chi connectivity index (χ0) is 15.6. The van der Waals surface area contributed by atoms with Gasteiger partial charge in [-0.25, -0.2) is 0 Å². The summed E-state index contributed by atoms with van der Waals surface area (Å²) in [7, 11) is 0. The molecule has 0 amide bonds. The Balaban J connectivity index is 2.46. The number of benzene rings is 1. The highest BCUT2D eigenvalue weighted by Crippen LogP contribution is 2.38. The van der Waals surface area contributed by atoms with Gasteiger partial charge in [0.25, 0.3) is 0 Å². The average molecular weight is 354 g/mol. The second-order valence-corrected chi connectivity index (χ2v) is 6.68. The van der Waals surface area contributed by atoms with Crippen LogP contribution in [0.1, 0.15) is 29.7 Å². The third-order valence-electron chi connectivity index (χ3n) is 2.95. The molecule has 1 aromatic heterocycles. The molecule has 114 valence electrons. The Morgan fingerprint density at radius 2 is 1.95 bits per heavy atom. The molecule has 0 fully saturated rings. The smallest absolute Gasteiger partial charge is 0.306 e. The van der Waals surface area contributed by atoms with Gasteiger partial charge in [-0.1, -0.05) is 42.3 Å². The average Bonchev–Trinajstić information content (AvgIpc) is 2.74. The molecular weight excluding hydrogens is 342 g/mol. The van der Waals surface area contributed by atoms with Crippen LogP contribution in [0, 0.1) is 0 Å². The van der Waals surface area contributed by atoms with E-state index in [0.29, 0.717) is 26.3 Å². The van der Waals surface area contributed by atoms with Crippen molar-refractivity contribution in [2.45, 2.75) is 19.1 Å². The van der Waals surface area contributed by atoms with Crippen LogP contribution in [0.5, 0.6) is 0 Å². The first-order chi connectivity index (χ1) is 9.82. The van der Waals surface area contributed by atoms with E-state index in [-0.39, 0.29) is 0 Å². The summed E-state index contributed by atoms with van der Waals surface area (Å²) in [5.41, 5.74) is 0.510. The first-order valence-corrected chi connectivity index (χ1v) is 7.75. The molecule has 21 heavy (non-hydrogen) atoms. The lowest BCUT2D eigenvalue weighted by Crippen LogP contribution is -2.22. The van der Waals surface area contributed by atoms with Gasteiger partial charge >= 0.3 is 6.18 Å². The first-order valence-electron chi connectivity index (χ1n) is 6.18. The van der Waals surface area contributed by atoms with E-state index in [4.69, 9.17) is 23.2 Å². The zero-order valence-electron chi connectivity index (χ0n) is 11.0. The van der Waals surface area contributed by atoms with Crippen molar-refractivity contribution < 1.29 is 13.2 Å². The van der Waals surface area contributed by atoms with E-state index in [1.165, 1.54) is 17.4 Å². The van der Waals surface area contributed by atoms with Crippen molar-refractivity contribution in [3.63, 3.8) is 0 Å². The number of halogens is 5. The fourth-order valence-corrected chi connectivity index (χ4v) is 3.59. The van der Waals surface area contributed by atoms with Crippen molar-refractivity contribution in [3.05, 3.63) is 55.7 Å². The number of hydrogen-bond acceptors (Lipinski definition) is 2. The van der Waals surface area contributed by atoms with E-state index in [1.54, 1.807) is 12.1 Å². The maximum absolute atomic E-state index is 12.8. The van der Waals surface area contributed by atoms with Crippen LogP contribution in [0.25, 0.3) is 0 Å². The molecule has 0 bridgehead atoms. The van der Waals surface area contributed by atoms with Crippen molar-refractivity contribution in [2.75, 3.05) is 6.54 Å². The minimum absolute atomic E-state index is 0.423. The number of thiophene rings is 1. The van der Waals surface area contributed by atoms with Crippen LogP contribution < -0.4 is 5.32 Å². The molecule has 0 aliphatic rings. The number of rotatable bonds is 4. The Bertz CT molecular complexity index is 625. The van der Waals surface area contributed by atoms with Gasteiger partial charge in [-0.3, -0.25) is 0 Å². The lowest BCUT2D eigenvalue weighted by Gasteiger charge is -2.19. The molecule has 1 heterocycles. The van der Waals surface area contributed by atoms with Crippen molar-refractivity contribution in [1.82, 2.24) is 5.32 Å². The molecule has 2 aromatic rings. The monoisotopic (exact) mass is 353 g/mol. The highest BCUT2D eigenvalue weighted by atomic mass is 35.5. The summed E-state index contributed by atoms with van der Waals surface area (Å²) in [6.45, 7) is 2.47. The minimum Gasteiger partial charge on any atom is -0.306 e. The Morgan fingerprint density at radius 1 is 1.24 bits per heavy atom. The van der Waals surface area contributed by atoms with Crippen LogP contribution in [0.2, 0.25) is 8.67 Å².